The molecule has 1 aromatic heterocycles. The molecule has 0 unspecified atom stereocenters. The van der Waals surface area contributed by atoms with Crippen molar-refractivity contribution < 1.29 is 21.2 Å². The summed E-state index contributed by atoms with van der Waals surface area (Å²) in [5.41, 5.74) is 1.44. The van der Waals surface area contributed by atoms with E-state index in [1.165, 1.54) is 24.3 Å². The van der Waals surface area contributed by atoms with Crippen molar-refractivity contribution in [2.75, 3.05) is 17.2 Å². The Morgan fingerprint density at radius 2 is 1.58 bits per heavy atom. The van der Waals surface area contributed by atoms with Gasteiger partial charge in [-0.2, -0.15) is 4.98 Å². The molecule has 0 amide bonds. The van der Waals surface area contributed by atoms with Gasteiger partial charge in [-0.05, 0) is 42.0 Å². The monoisotopic (exact) mass is 490 g/mol. The van der Waals surface area contributed by atoms with Gasteiger partial charge in [-0.25, -0.2) is 36.1 Å². The van der Waals surface area contributed by atoms with Gasteiger partial charge in [0.25, 0.3) is 0 Å². The predicted molar refractivity (Wildman–Crippen MR) is 122 cm³/mol. The lowest BCUT2D eigenvalue weighted by atomic mass is 10.2. The fraction of sp³-hybridized carbons (Fsp3) is 0.100. The number of hydrogen-bond donors (Lipinski definition) is 4. The number of nitrogens with one attached hydrogen (secondary N) is 3. The van der Waals surface area contributed by atoms with Crippen LogP contribution < -0.4 is 20.5 Å². The van der Waals surface area contributed by atoms with Crippen molar-refractivity contribution in [1.29, 1.82) is 0 Å². The topological polar surface area (TPSA) is 156 Å². The van der Waals surface area contributed by atoms with Crippen LogP contribution in [0.1, 0.15) is 5.56 Å². The van der Waals surface area contributed by atoms with Crippen LogP contribution in [0, 0.1) is 18.2 Å². The Hall–Kier alpha value is -3.57. The Labute approximate surface area is 190 Å². The van der Waals surface area contributed by atoms with Gasteiger partial charge in [-0.1, -0.05) is 18.1 Å². The Morgan fingerprint density at radius 1 is 0.970 bits per heavy atom. The van der Waals surface area contributed by atoms with Gasteiger partial charge in [0.2, 0.25) is 26.0 Å². The number of nitrogens with zero attached hydrogens (tertiary/aromatic N) is 2. The van der Waals surface area contributed by atoms with Gasteiger partial charge in [0.15, 0.2) is 11.6 Å². The van der Waals surface area contributed by atoms with Crippen LogP contribution in [0.15, 0.2) is 59.6 Å². The van der Waals surface area contributed by atoms with Crippen LogP contribution in [-0.4, -0.2) is 33.3 Å². The second kappa shape index (κ2) is 9.92. The molecule has 0 aliphatic heterocycles. The minimum Gasteiger partial charge on any atom is -0.338 e. The van der Waals surface area contributed by atoms with E-state index < -0.39 is 25.9 Å². The summed E-state index contributed by atoms with van der Waals surface area (Å²) in [6.45, 7) is -0.0956. The molecule has 3 aromatic rings. The van der Waals surface area contributed by atoms with Crippen molar-refractivity contribution >= 4 is 43.2 Å². The molecule has 0 atom stereocenters. The molecule has 0 spiro atoms. The molecular formula is C20H19FN6O4S2. The molecule has 0 fully saturated rings. The van der Waals surface area contributed by atoms with Crippen LogP contribution in [0.2, 0.25) is 0 Å². The second-order valence-electron chi connectivity index (χ2n) is 6.69. The van der Waals surface area contributed by atoms with Crippen LogP contribution in [0.25, 0.3) is 0 Å². The van der Waals surface area contributed by atoms with E-state index in [1.54, 1.807) is 24.3 Å². The summed E-state index contributed by atoms with van der Waals surface area (Å²) in [4.78, 5) is 7.87. The van der Waals surface area contributed by atoms with E-state index in [4.69, 9.17) is 11.6 Å². The molecule has 0 bridgehead atoms. The van der Waals surface area contributed by atoms with Gasteiger partial charge in [0.1, 0.15) is 0 Å². The summed E-state index contributed by atoms with van der Waals surface area (Å²) < 4.78 is 62.9. The van der Waals surface area contributed by atoms with Gasteiger partial charge in [-0.15, -0.1) is 6.42 Å². The average molecular weight is 491 g/mol. The second-order valence-corrected chi connectivity index (χ2v) is 10.1. The summed E-state index contributed by atoms with van der Waals surface area (Å²) in [6, 6.07) is 11.8. The number of terminal acetylenes is 1. The molecule has 0 saturated heterocycles. The Balaban J connectivity index is 1.70. The first-order valence-corrected chi connectivity index (χ1v) is 12.4. The van der Waals surface area contributed by atoms with Gasteiger partial charge < -0.3 is 10.6 Å². The number of hydrogen-bond acceptors (Lipinski definition) is 8. The molecule has 13 heteroatoms. The van der Waals surface area contributed by atoms with Crippen LogP contribution >= 0.6 is 0 Å². The maximum atomic E-state index is 14.2. The molecule has 5 N–H and O–H groups in total. The molecule has 0 aliphatic carbocycles. The van der Waals surface area contributed by atoms with Crippen LogP contribution in [0.4, 0.5) is 27.5 Å². The molecule has 0 radical (unpaired) electrons. The normalized spacial score (nSPS) is 11.5. The zero-order chi connectivity index (χ0) is 24.1. The van der Waals surface area contributed by atoms with Crippen molar-refractivity contribution in [2.45, 2.75) is 10.6 Å². The van der Waals surface area contributed by atoms with Gasteiger partial charge in [-0.3, -0.25) is 0 Å². The molecule has 172 valence electrons. The number of primary sulfonamides is 1. The molecule has 0 saturated carbocycles. The van der Waals surface area contributed by atoms with E-state index in [-0.39, 0.29) is 29.0 Å². The van der Waals surface area contributed by atoms with Gasteiger partial charge >= 0.3 is 0 Å². The fourth-order valence-electron chi connectivity index (χ4n) is 2.62. The number of halogens is 1. The van der Waals surface area contributed by atoms with Crippen molar-refractivity contribution in [1.82, 2.24) is 14.7 Å². The number of anilines is 4. The number of sulfonamides is 2. The molecule has 3 rings (SSSR count). The molecule has 1 heterocycles. The highest BCUT2D eigenvalue weighted by Crippen LogP contribution is 2.22. The SMILES string of the molecule is C#CCNS(=O)(=O)Cc1ccc(Nc2nc(Nc3ccc(S(N)(=O)=O)cc3)ncc2F)cc1. The lowest BCUT2D eigenvalue weighted by Crippen LogP contribution is -2.25. The minimum atomic E-state index is -3.82. The third-order valence-electron chi connectivity index (χ3n) is 4.15. The van der Waals surface area contributed by atoms with Crippen molar-refractivity contribution in [3.8, 4) is 12.3 Å². The molecule has 2 aromatic carbocycles. The lowest BCUT2D eigenvalue weighted by Gasteiger charge is -2.10. The van der Waals surface area contributed by atoms with E-state index >= 15 is 0 Å². The maximum absolute atomic E-state index is 14.2. The largest absolute Gasteiger partial charge is 0.338 e. The summed E-state index contributed by atoms with van der Waals surface area (Å²) in [6.07, 6.45) is 6.02. The Morgan fingerprint density at radius 3 is 2.18 bits per heavy atom. The number of rotatable bonds is 9. The Bertz CT molecular complexity index is 1390. The average Bonchev–Trinajstić information content (AvgIpc) is 2.75. The molecule has 33 heavy (non-hydrogen) atoms. The lowest BCUT2D eigenvalue weighted by molar-refractivity contribution is 0.585. The van der Waals surface area contributed by atoms with Crippen molar-refractivity contribution in [2.24, 2.45) is 5.14 Å². The van der Waals surface area contributed by atoms with E-state index in [0.717, 1.165) is 6.20 Å². The van der Waals surface area contributed by atoms with E-state index in [1.807, 2.05) is 0 Å². The van der Waals surface area contributed by atoms with E-state index in [0.29, 0.717) is 16.9 Å². The van der Waals surface area contributed by atoms with E-state index in [2.05, 4.69) is 31.2 Å². The van der Waals surface area contributed by atoms with Crippen molar-refractivity contribution in [3.05, 3.63) is 66.1 Å². The summed E-state index contributed by atoms with van der Waals surface area (Å²) >= 11 is 0. The first kappa shape index (κ1) is 24.1. The third-order valence-corrected chi connectivity index (χ3v) is 6.38. The quantitative estimate of drug-likeness (QED) is 0.331. The van der Waals surface area contributed by atoms with Gasteiger partial charge in [0.05, 0.1) is 23.4 Å². The molecular weight excluding hydrogens is 471 g/mol. The highest BCUT2D eigenvalue weighted by molar-refractivity contribution is 7.89. The fourth-order valence-corrected chi connectivity index (χ4v) is 4.17. The van der Waals surface area contributed by atoms with Crippen LogP contribution in [0.3, 0.4) is 0 Å². The molecule has 10 nitrogen and oxygen atoms in total. The summed E-state index contributed by atoms with van der Waals surface area (Å²) in [5, 5.41) is 10.7. The number of benzene rings is 2. The predicted octanol–water partition coefficient (Wildman–Crippen LogP) is 1.80. The highest BCUT2D eigenvalue weighted by Gasteiger charge is 2.12. The first-order valence-electron chi connectivity index (χ1n) is 9.25. The zero-order valence-electron chi connectivity index (χ0n) is 17.0. The standard InChI is InChI=1S/C20H19FN6O4S2/c1-2-11-24-32(28,29)13-14-3-5-15(6-4-14)25-19-18(21)12-23-20(27-19)26-16-7-9-17(10-8-16)33(22,30)31/h1,3-10,12,24H,11,13H2,(H2,22,30,31)(H2,23,25,26,27). The first-order chi connectivity index (χ1) is 15.6. The summed E-state index contributed by atoms with van der Waals surface area (Å²) in [7, 11) is -7.38. The van der Waals surface area contributed by atoms with Crippen molar-refractivity contribution in [3.63, 3.8) is 0 Å². The van der Waals surface area contributed by atoms with Gasteiger partial charge in [0, 0.05) is 11.4 Å². The third kappa shape index (κ3) is 6.96. The summed E-state index contributed by atoms with van der Waals surface area (Å²) in [5.74, 6) is 1.17. The maximum Gasteiger partial charge on any atom is 0.238 e. The minimum absolute atomic E-state index is 0.0569. The Kier molecular flexibility index (Phi) is 7.24. The van der Waals surface area contributed by atoms with Crippen LogP contribution in [0.5, 0.6) is 0 Å². The molecule has 0 aliphatic rings. The zero-order valence-corrected chi connectivity index (χ0v) is 18.6. The number of aromatic nitrogens is 2. The van der Waals surface area contributed by atoms with E-state index in [9.17, 15) is 21.2 Å². The smallest absolute Gasteiger partial charge is 0.238 e. The van der Waals surface area contributed by atoms with Crippen LogP contribution in [-0.2, 0) is 25.8 Å². The highest BCUT2D eigenvalue weighted by atomic mass is 32.2. The number of nitrogens with two attached hydrogens (primary N) is 1.